The summed E-state index contributed by atoms with van der Waals surface area (Å²) in [4.78, 5) is 2.42. The van der Waals surface area contributed by atoms with Crippen LogP contribution >= 0.6 is 11.6 Å². The number of benzene rings is 1. The summed E-state index contributed by atoms with van der Waals surface area (Å²) in [5.41, 5.74) is 2.51. The Hall–Kier alpha value is -0.730. The van der Waals surface area contributed by atoms with Crippen molar-refractivity contribution >= 4 is 17.3 Å². The molecular weight excluding hydrogens is 268 g/mol. The van der Waals surface area contributed by atoms with Crippen molar-refractivity contribution in [3.05, 3.63) is 28.8 Å². The van der Waals surface area contributed by atoms with Gasteiger partial charge in [-0.1, -0.05) is 50.9 Å². The predicted octanol–water partition coefficient (Wildman–Crippen LogP) is 4.71. The lowest BCUT2D eigenvalue weighted by Gasteiger charge is -2.29. The van der Waals surface area contributed by atoms with E-state index in [-0.39, 0.29) is 0 Å². The molecule has 0 radical (unpaired) electrons. The lowest BCUT2D eigenvalue weighted by molar-refractivity contribution is 0.546. The molecule has 0 aromatic heterocycles. The maximum Gasteiger partial charge on any atom is 0.0642 e. The van der Waals surface area contributed by atoms with Crippen LogP contribution in [0.1, 0.15) is 46.1 Å². The zero-order valence-electron chi connectivity index (χ0n) is 13.4. The van der Waals surface area contributed by atoms with Crippen molar-refractivity contribution in [1.29, 1.82) is 0 Å². The predicted molar refractivity (Wildman–Crippen MR) is 90.8 cm³/mol. The number of hydrogen-bond donors (Lipinski definition) is 1. The van der Waals surface area contributed by atoms with E-state index in [2.05, 4.69) is 44.0 Å². The largest absolute Gasteiger partial charge is 0.370 e. The lowest BCUT2D eigenvalue weighted by atomic mass is 10.1. The Morgan fingerprint density at radius 2 is 2.00 bits per heavy atom. The van der Waals surface area contributed by atoms with E-state index in [0.29, 0.717) is 5.92 Å². The van der Waals surface area contributed by atoms with Crippen LogP contribution in [0.4, 0.5) is 5.69 Å². The molecule has 3 heteroatoms. The number of rotatable bonds is 9. The minimum Gasteiger partial charge on any atom is -0.370 e. The smallest absolute Gasteiger partial charge is 0.0642 e. The summed E-state index contributed by atoms with van der Waals surface area (Å²) in [6.07, 6.45) is 2.35. The summed E-state index contributed by atoms with van der Waals surface area (Å²) in [5.74, 6) is 0.683. The second-order valence-corrected chi connectivity index (χ2v) is 5.88. The number of halogens is 1. The van der Waals surface area contributed by atoms with E-state index in [1.165, 1.54) is 17.7 Å². The van der Waals surface area contributed by atoms with E-state index in [0.717, 1.165) is 37.6 Å². The summed E-state index contributed by atoms with van der Waals surface area (Å²) in [6.45, 7) is 12.9. The highest BCUT2D eigenvalue weighted by Crippen LogP contribution is 2.30. The zero-order valence-corrected chi connectivity index (χ0v) is 14.1. The Morgan fingerprint density at radius 1 is 1.25 bits per heavy atom. The van der Waals surface area contributed by atoms with E-state index in [1.54, 1.807) is 0 Å². The quantitative estimate of drug-likeness (QED) is 0.664. The third-order valence-corrected chi connectivity index (χ3v) is 4.04. The van der Waals surface area contributed by atoms with Crippen LogP contribution in [0.25, 0.3) is 0 Å². The van der Waals surface area contributed by atoms with Gasteiger partial charge in [0, 0.05) is 19.6 Å². The number of nitrogens with zero attached hydrogens (tertiary/aromatic N) is 1. The first-order chi connectivity index (χ1) is 9.63. The van der Waals surface area contributed by atoms with Crippen LogP contribution in [-0.4, -0.2) is 19.6 Å². The molecule has 20 heavy (non-hydrogen) atoms. The van der Waals surface area contributed by atoms with Crippen molar-refractivity contribution in [3.63, 3.8) is 0 Å². The molecule has 114 valence electrons. The maximum atomic E-state index is 6.47. The van der Waals surface area contributed by atoms with Gasteiger partial charge in [-0.05, 0) is 37.4 Å². The van der Waals surface area contributed by atoms with Crippen LogP contribution in [0.15, 0.2) is 18.2 Å². The van der Waals surface area contributed by atoms with Gasteiger partial charge in [0.1, 0.15) is 0 Å². The molecule has 1 aromatic carbocycles. The molecule has 0 saturated carbocycles. The fraction of sp³-hybridized carbons (Fsp3) is 0.647. The molecule has 1 unspecified atom stereocenters. The number of nitrogens with one attached hydrogen (secondary N) is 1. The molecule has 0 spiro atoms. The monoisotopic (exact) mass is 296 g/mol. The Labute approximate surface area is 129 Å². The van der Waals surface area contributed by atoms with E-state index in [1.807, 2.05) is 12.1 Å². The fourth-order valence-corrected chi connectivity index (χ4v) is 2.65. The molecule has 0 aliphatic carbocycles. The van der Waals surface area contributed by atoms with Gasteiger partial charge in [0.05, 0.1) is 10.7 Å². The number of hydrogen-bond acceptors (Lipinski definition) is 2. The van der Waals surface area contributed by atoms with Gasteiger partial charge in [0.25, 0.3) is 0 Å². The standard InChI is InChI=1S/C17H29ClN2/c1-5-11-19-12-15-9-8-10-16(18)17(15)20(7-3)13-14(4)6-2/h8-10,14,19H,5-7,11-13H2,1-4H3. The molecule has 1 atom stereocenters. The molecular formula is C17H29ClN2. The van der Waals surface area contributed by atoms with Gasteiger partial charge in [-0.15, -0.1) is 0 Å². The third-order valence-electron chi connectivity index (χ3n) is 3.74. The molecule has 0 aliphatic rings. The van der Waals surface area contributed by atoms with Crippen LogP contribution in [0.2, 0.25) is 5.02 Å². The van der Waals surface area contributed by atoms with Gasteiger partial charge in [-0.25, -0.2) is 0 Å². The minimum absolute atomic E-state index is 0.683. The molecule has 1 aromatic rings. The van der Waals surface area contributed by atoms with Crippen molar-refractivity contribution in [2.45, 2.75) is 47.1 Å². The SMILES string of the molecule is CCCNCc1cccc(Cl)c1N(CC)CC(C)CC. The fourth-order valence-electron chi connectivity index (χ4n) is 2.34. The highest BCUT2D eigenvalue weighted by Gasteiger charge is 2.15. The summed E-state index contributed by atoms with van der Waals surface area (Å²) in [7, 11) is 0. The molecule has 1 N–H and O–H groups in total. The van der Waals surface area contributed by atoms with Crippen molar-refractivity contribution in [1.82, 2.24) is 5.32 Å². The second kappa shape index (κ2) is 9.25. The van der Waals surface area contributed by atoms with Crippen molar-refractivity contribution in [3.8, 4) is 0 Å². The average molecular weight is 297 g/mol. The van der Waals surface area contributed by atoms with E-state index >= 15 is 0 Å². The molecule has 0 heterocycles. The zero-order chi connectivity index (χ0) is 15.0. The van der Waals surface area contributed by atoms with Gasteiger partial charge in [0.2, 0.25) is 0 Å². The van der Waals surface area contributed by atoms with E-state index < -0.39 is 0 Å². The van der Waals surface area contributed by atoms with E-state index in [9.17, 15) is 0 Å². The van der Waals surface area contributed by atoms with Gasteiger partial charge >= 0.3 is 0 Å². The topological polar surface area (TPSA) is 15.3 Å². The first-order valence-corrected chi connectivity index (χ1v) is 8.24. The molecule has 0 fully saturated rings. The normalized spacial score (nSPS) is 12.4. The van der Waals surface area contributed by atoms with Crippen molar-refractivity contribution in [2.75, 3.05) is 24.5 Å². The van der Waals surface area contributed by atoms with E-state index in [4.69, 9.17) is 11.6 Å². The average Bonchev–Trinajstić information content (AvgIpc) is 2.45. The van der Waals surface area contributed by atoms with Crippen LogP contribution in [0.5, 0.6) is 0 Å². The Morgan fingerprint density at radius 3 is 2.60 bits per heavy atom. The molecule has 2 nitrogen and oxygen atoms in total. The van der Waals surface area contributed by atoms with Crippen LogP contribution < -0.4 is 10.2 Å². The first kappa shape index (κ1) is 17.3. The summed E-state index contributed by atoms with van der Waals surface area (Å²) < 4.78 is 0. The Kier molecular flexibility index (Phi) is 8.01. The highest BCUT2D eigenvalue weighted by molar-refractivity contribution is 6.33. The van der Waals surface area contributed by atoms with Gasteiger partial charge in [-0.3, -0.25) is 0 Å². The molecule has 1 rings (SSSR count). The molecule has 0 amide bonds. The van der Waals surface area contributed by atoms with Crippen LogP contribution in [-0.2, 0) is 6.54 Å². The summed E-state index contributed by atoms with van der Waals surface area (Å²) in [5, 5.41) is 4.35. The van der Waals surface area contributed by atoms with Crippen molar-refractivity contribution < 1.29 is 0 Å². The summed E-state index contributed by atoms with van der Waals surface area (Å²) in [6, 6.07) is 6.23. The van der Waals surface area contributed by atoms with Crippen LogP contribution in [0.3, 0.4) is 0 Å². The lowest BCUT2D eigenvalue weighted by Crippen LogP contribution is -2.30. The first-order valence-electron chi connectivity index (χ1n) is 7.86. The van der Waals surface area contributed by atoms with Crippen LogP contribution in [0, 0.1) is 5.92 Å². The maximum absolute atomic E-state index is 6.47. The highest BCUT2D eigenvalue weighted by atomic mass is 35.5. The summed E-state index contributed by atoms with van der Waals surface area (Å²) >= 11 is 6.47. The molecule has 0 aliphatic heterocycles. The Balaban J connectivity index is 2.93. The Bertz CT molecular complexity index is 393. The van der Waals surface area contributed by atoms with Gasteiger partial charge in [-0.2, -0.15) is 0 Å². The molecule has 0 saturated heterocycles. The second-order valence-electron chi connectivity index (χ2n) is 5.48. The van der Waals surface area contributed by atoms with Gasteiger partial charge < -0.3 is 10.2 Å². The third kappa shape index (κ3) is 4.99. The number of para-hydroxylation sites is 1. The minimum atomic E-state index is 0.683. The molecule has 0 bridgehead atoms. The van der Waals surface area contributed by atoms with Crippen molar-refractivity contribution in [2.24, 2.45) is 5.92 Å². The van der Waals surface area contributed by atoms with Gasteiger partial charge in [0.15, 0.2) is 0 Å². The number of anilines is 1.